The van der Waals surface area contributed by atoms with Gasteiger partial charge in [-0.25, -0.2) is 4.39 Å². The quantitative estimate of drug-likeness (QED) is 0.676. The van der Waals surface area contributed by atoms with E-state index in [1.807, 2.05) is 47.2 Å². The summed E-state index contributed by atoms with van der Waals surface area (Å²) in [5, 5.41) is 9.96. The molecule has 28 heavy (non-hydrogen) atoms. The van der Waals surface area contributed by atoms with E-state index in [2.05, 4.69) is 4.90 Å². The molecule has 0 fully saturated rings. The Morgan fingerprint density at radius 1 is 1.07 bits per heavy atom. The molecular weight excluding hydrogens is 359 g/mol. The topological polar surface area (TPSA) is 46.9 Å². The summed E-state index contributed by atoms with van der Waals surface area (Å²) in [7, 11) is 0. The minimum atomic E-state index is -0.466. The summed E-state index contributed by atoms with van der Waals surface area (Å²) in [5.41, 5.74) is 2.88. The maximum Gasteiger partial charge on any atom is 0.231 e. The second kappa shape index (κ2) is 8.04. The average molecular weight is 382 g/mol. The SMILES string of the molecule is CC(O)CN(Cc1ccc2c(c1)OCO2)Cc1cccn1-c1cccc(F)c1. The first-order chi connectivity index (χ1) is 13.6. The molecule has 0 saturated carbocycles. The summed E-state index contributed by atoms with van der Waals surface area (Å²) in [4.78, 5) is 2.16. The molecular formula is C22H23FN2O3. The molecule has 1 N–H and O–H groups in total. The fourth-order valence-corrected chi connectivity index (χ4v) is 3.51. The minimum absolute atomic E-state index is 0.247. The van der Waals surface area contributed by atoms with Gasteiger partial charge in [-0.2, -0.15) is 0 Å². The maximum absolute atomic E-state index is 13.6. The van der Waals surface area contributed by atoms with Crippen molar-refractivity contribution in [3.8, 4) is 17.2 Å². The predicted molar refractivity (Wildman–Crippen MR) is 104 cm³/mol. The van der Waals surface area contributed by atoms with Gasteiger partial charge < -0.3 is 19.1 Å². The van der Waals surface area contributed by atoms with Gasteiger partial charge in [0.2, 0.25) is 6.79 Å². The van der Waals surface area contributed by atoms with E-state index in [1.165, 1.54) is 12.1 Å². The van der Waals surface area contributed by atoms with Gasteiger partial charge in [-0.1, -0.05) is 12.1 Å². The second-order valence-corrected chi connectivity index (χ2v) is 7.06. The van der Waals surface area contributed by atoms with Crippen molar-refractivity contribution in [3.05, 3.63) is 77.9 Å². The van der Waals surface area contributed by atoms with Crippen LogP contribution in [0.2, 0.25) is 0 Å². The molecule has 0 radical (unpaired) electrons. The number of ether oxygens (including phenoxy) is 2. The van der Waals surface area contributed by atoms with Gasteiger partial charge in [0.1, 0.15) is 5.82 Å². The second-order valence-electron chi connectivity index (χ2n) is 7.06. The van der Waals surface area contributed by atoms with E-state index in [-0.39, 0.29) is 12.6 Å². The number of rotatable bonds is 7. The first-order valence-corrected chi connectivity index (χ1v) is 9.29. The number of halogens is 1. The predicted octanol–water partition coefficient (Wildman–Crippen LogP) is 3.73. The molecule has 1 aliphatic heterocycles. The molecule has 0 bridgehead atoms. The fraction of sp³-hybridized carbons (Fsp3) is 0.273. The number of benzene rings is 2. The van der Waals surface area contributed by atoms with Crippen LogP contribution in [-0.2, 0) is 13.1 Å². The van der Waals surface area contributed by atoms with Gasteiger partial charge in [-0.3, -0.25) is 4.90 Å². The summed E-state index contributed by atoms with van der Waals surface area (Å²) in [5.74, 6) is 1.24. The van der Waals surface area contributed by atoms with E-state index in [0.717, 1.165) is 28.4 Å². The normalized spacial score (nSPS) is 13.9. The van der Waals surface area contributed by atoms with Crippen LogP contribution < -0.4 is 9.47 Å². The van der Waals surface area contributed by atoms with Crippen LogP contribution in [0.15, 0.2) is 60.8 Å². The summed E-state index contributed by atoms with van der Waals surface area (Å²) < 4.78 is 26.5. The van der Waals surface area contributed by atoms with Crippen LogP contribution in [0, 0.1) is 5.82 Å². The zero-order valence-electron chi connectivity index (χ0n) is 15.7. The third-order valence-corrected chi connectivity index (χ3v) is 4.67. The summed E-state index contributed by atoms with van der Waals surface area (Å²) in [6.07, 6.45) is 1.46. The summed E-state index contributed by atoms with van der Waals surface area (Å²) in [6.45, 7) is 3.80. The molecule has 1 unspecified atom stereocenters. The third-order valence-electron chi connectivity index (χ3n) is 4.67. The van der Waals surface area contributed by atoms with E-state index in [4.69, 9.17) is 9.47 Å². The van der Waals surface area contributed by atoms with Crippen molar-refractivity contribution >= 4 is 0 Å². The highest BCUT2D eigenvalue weighted by atomic mass is 19.1. The Morgan fingerprint density at radius 3 is 2.75 bits per heavy atom. The van der Waals surface area contributed by atoms with Gasteiger partial charge >= 0.3 is 0 Å². The van der Waals surface area contributed by atoms with Crippen LogP contribution in [0.5, 0.6) is 11.5 Å². The number of aliphatic hydroxyl groups is 1. The molecule has 4 rings (SSSR count). The zero-order chi connectivity index (χ0) is 19.5. The van der Waals surface area contributed by atoms with E-state index >= 15 is 0 Å². The number of hydrogen-bond donors (Lipinski definition) is 1. The van der Waals surface area contributed by atoms with Crippen LogP contribution in [0.3, 0.4) is 0 Å². The molecule has 0 aliphatic carbocycles. The number of nitrogens with zero attached hydrogens (tertiary/aromatic N) is 2. The fourth-order valence-electron chi connectivity index (χ4n) is 3.51. The van der Waals surface area contributed by atoms with E-state index in [9.17, 15) is 9.50 Å². The van der Waals surface area contributed by atoms with Gasteiger partial charge in [0.25, 0.3) is 0 Å². The number of aliphatic hydroxyl groups excluding tert-OH is 1. The van der Waals surface area contributed by atoms with Crippen molar-refractivity contribution in [2.75, 3.05) is 13.3 Å². The molecule has 0 saturated heterocycles. The van der Waals surface area contributed by atoms with Crippen molar-refractivity contribution in [3.63, 3.8) is 0 Å². The van der Waals surface area contributed by atoms with Crippen molar-refractivity contribution in [2.45, 2.75) is 26.1 Å². The van der Waals surface area contributed by atoms with E-state index in [0.29, 0.717) is 19.6 Å². The molecule has 0 amide bonds. The van der Waals surface area contributed by atoms with Crippen molar-refractivity contribution in [1.29, 1.82) is 0 Å². The van der Waals surface area contributed by atoms with Gasteiger partial charge in [0, 0.05) is 37.2 Å². The van der Waals surface area contributed by atoms with Gasteiger partial charge in [-0.15, -0.1) is 0 Å². The van der Waals surface area contributed by atoms with Crippen LogP contribution in [0.1, 0.15) is 18.2 Å². The van der Waals surface area contributed by atoms with Crippen LogP contribution >= 0.6 is 0 Å². The van der Waals surface area contributed by atoms with Crippen LogP contribution in [0.4, 0.5) is 4.39 Å². The number of aromatic nitrogens is 1. The third kappa shape index (κ3) is 4.18. The molecule has 3 aromatic rings. The number of hydrogen-bond acceptors (Lipinski definition) is 4. The van der Waals surface area contributed by atoms with Crippen LogP contribution in [-0.4, -0.2) is 34.0 Å². The lowest BCUT2D eigenvalue weighted by atomic mass is 10.1. The maximum atomic E-state index is 13.6. The lowest BCUT2D eigenvalue weighted by Crippen LogP contribution is -2.31. The van der Waals surface area contributed by atoms with Gasteiger partial charge in [0.05, 0.1) is 6.10 Å². The highest BCUT2D eigenvalue weighted by Gasteiger charge is 2.17. The highest BCUT2D eigenvalue weighted by molar-refractivity contribution is 5.44. The summed E-state index contributed by atoms with van der Waals surface area (Å²) >= 11 is 0. The zero-order valence-corrected chi connectivity index (χ0v) is 15.7. The first kappa shape index (κ1) is 18.5. The monoisotopic (exact) mass is 382 g/mol. The minimum Gasteiger partial charge on any atom is -0.454 e. The summed E-state index contributed by atoms with van der Waals surface area (Å²) in [6, 6.07) is 16.4. The van der Waals surface area contributed by atoms with Gasteiger partial charge in [0.15, 0.2) is 11.5 Å². The Bertz CT molecular complexity index is 954. The molecule has 146 valence electrons. The molecule has 2 heterocycles. The molecule has 5 nitrogen and oxygen atoms in total. The van der Waals surface area contributed by atoms with Crippen LogP contribution in [0.25, 0.3) is 5.69 Å². The molecule has 6 heteroatoms. The standard InChI is InChI=1S/C22H23FN2O3/c1-16(26)12-24(13-17-7-8-21-22(10-17)28-15-27-21)14-20-6-3-9-25(20)19-5-2-4-18(23)11-19/h2-11,16,26H,12-15H2,1H3. The smallest absolute Gasteiger partial charge is 0.231 e. The van der Waals surface area contributed by atoms with Gasteiger partial charge in [-0.05, 0) is 55.0 Å². The Kier molecular flexibility index (Phi) is 5.32. The largest absolute Gasteiger partial charge is 0.454 e. The lowest BCUT2D eigenvalue weighted by Gasteiger charge is -2.25. The highest BCUT2D eigenvalue weighted by Crippen LogP contribution is 2.33. The van der Waals surface area contributed by atoms with Crippen molar-refractivity contribution in [1.82, 2.24) is 9.47 Å². The molecule has 1 aromatic heterocycles. The van der Waals surface area contributed by atoms with E-state index < -0.39 is 6.10 Å². The number of fused-ring (bicyclic) bond motifs is 1. The molecule has 1 atom stereocenters. The lowest BCUT2D eigenvalue weighted by molar-refractivity contribution is 0.117. The first-order valence-electron chi connectivity index (χ1n) is 9.29. The molecule has 0 spiro atoms. The molecule has 2 aromatic carbocycles. The van der Waals surface area contributed by atoms with Crippen molar-refractivity contribution in [2.24, 2.45) is 0 Å². The van der Waals surface area contributed by atoms with E-state index in [1.54, 1.807) is 13.0 Å². The van der Waals surface area contributed by atoms with Crippen molar-refractivity contribution < 1.29 is 19.0 Å². The Balaban J connectivity index is 1.55. The Labute approximate surface area is 163 Å². The Hall–Kier alpha value is -2.83. The Morgan fingerprint density at radius 2 is 1.93 bits per heavy atom. The average Bonchev–Trinajstić information content (AvgIpc) is 3.30. The molecule has 1 aliphatic rings.